The van der Waals surface area contributed by atoms with Gasteiger partial charge in [0.05, 0.1) is 10.2 Å². The highest BCUT2D eigenvalue weighted by atomic mass is 79.9. The maximum absolute atomic E-state index is 5.67. The molecule has 0 radical (unpaired) electrons. The lowest BCUT2D eigenvalue weighted by Gasteiger charge is -1.91. The highest BCUT2D eigenvalue weighted by Gasteiger charge is 2.04. The van der Waals surface area contributed by atoms with E-state index in [2.05, 4.69) is 31.3 Å². The highest BCUT2D eigenvalue weighted by Crippen LogP contribution is 2.25. The molecule has 62 valence electrons. The molecule has 0 bridgehead atoms. The number of rotatable bonds is 1. The molecule has 0 atom stereocenters. The zero-order valence-corrected chi connectivity index (χ0v) is 9.08. The van der Waals surface area contributed by atoms with Crippen LogP contribution in [0.4, 0.5) is 0 Å². The second kappa shape index (κ2) is 3.28. The molecule has 0 unspecified atom stereocenters. The van der Waals surface area contributed by atoms with Crippen LogP contribution in [0.1, 0.15) is 5.56 Å². The number of aromatic nitrogens is 2. The molecule has 0 aliphatic heterocycles. The van der Waals surface area contributed by atoms with Gasteiger partial charge in [-0.15, -0.1) is 11.3 Å². The Labute approximate surface area is 86.7 Å². The van der Waals surface area contributed by atoms with E-state index in [1.165, 1.54) is 5.56 Å². The van der Waals surface area contributed by atoms with Gasteiger partial charge in [-0.3, -0.25) is 0 Å². The Morgan fingerprint density at radius 1 is 1.58 bits per heavy atom. The van der Waals surface area contributed by atoms with Crippen molar-refractivity contribution in [2.75, 3.05) is 0 Å². The van der Waals surface area contributed by atoms with Crippen molar-refractivity contribution in [1.82, 2.24) is 9.97 Å². The summed E-state index contributed by atoms with van der Waals surface area (Å²) >= 11 is 10.7. The van der Waals surface area contributed by atoms with Crippen molar-refractivity contribution in [1.29, 1.82) is 0 Å². The summed E-state index contributed by atoms with van der Waals surface area (Å²) < 4.78 is 1.08. The van der Waals surface area contributed by atoms with Crippen LogP contribution in [0, 0.1) is 0 Å². The molecule has 2 heterocycles. The molecule has 2 nitrogen and oxygen atoms in total. The van der Waals surface area contributed by atoms with Crippen LogP contribution >= 0.6 is 38.9 Å². The summed E-state index contributed by atoms with van der Waals surface area (Å²) in [6.45, 7) is 0. The lowest BCUT2D eigenvalue weighted by Crippen LogP contribution is -1.82. The van der Waals surface area contributed by atoms with E-state index in [-0.39, 0.29) is 0 Å². The SMILES string of the molecule is Clc1ncc2scc(CBr)c2n1. The second-order valence-corrected chi connectivity index (χ2v) is 4.06. The van der Waals surface area contributed by atoms with Crippen molar-refractivity contribution in [3.8, 4) is 0 Å². The molecule has 0 aliphatic rings. The van der Waals surface area contributed by atoms with Gasteiger partial charge in [0.2, 0.25) is 5.28 Å². The van der Waals surface area contributed by atoms with Crippen LogP contribution in [0.2, 0.25) is 5.28 Å². The molecular weight excluding hydrogens is 260 g/mol. The Hall–Kier alpha value is -0.190. The van der Waals surface area contributed by atoms with E-state index in [4.69, 9.17) is 11.6 Å². The van der Waals surface area contributed by atoms with Crippen LogP contribution in [0.25, 0.3) is 10.2 Å². The number of alkyl halides is 1. The van der Waals surface area contributed by atoms with Gasteiger partial charge in [0, 0.05) is 11.5 Å². The Bertz CT molecular complexity index is 415. The van der Waals surface area contributed by atoms with E-state index in [1.54, 1.807) is 17.5 Å². The molecule has 0 aliphatic carbocycles. The van der Waals surface area contributed by atoms with Crippen molar-refractivity contribution in [2.45, 2.75) is 5.33 Å². The van der Waals surface area contributed by atoms with Gasteiger partial charge in [0.1, 0.15) is 0 Å². The number of thiophene rings is 1. The third-order valence-electron chi connectivity index (χ3n) is 1.50. The minimum atomic E-state index is 0.308. The first-order chi connectivity index (χ1) is 5.81. The number of fused-ring (bicyclic) bond motifs is 1. The van der Waals surface area contributed by atoms with E-state index < -0.39 is 0 Å². The molecule has 5 heteroatoms. The standard InChI is InChI=1S/C7H4BrClN2S/c8-1-4-3-12-5-2-10-7(9)11-6(4)5/h2-3H,1H2. The summed E-state index contributed by atoms with van der Waals surface area (Å²) in [6.07, 6.45) is 1.75. The molecule has 0 fully saturated rings. The van der Waals surface area contributed by atoms with Crippen molar-refractivity contribution >= 4 is 49.1 Å². The van der Waals surface area contributed by atoms with E-state index in [0.29, 0.717) is 5.28 Å². The molecule has 0 N–H and O–H groups in total. The Balaban J connectivity index is 2.75. The predicted molar refractivity (Wildman–Crippen MR) is 55.1 cm³/mol. The normalized spacial score (nSPS) is 10.8. The summed E-state index contributed by atoms with van der Waals surface area (Å²) in [5, 5.41) is 3.17. The topological polar surface area (TPSA) is 25.8 Å². The van der Waals surface area contributed by atoms with Crippen LogP contribution in [0.15, 0.2) is 11.6 Å². The van der Waals surface area contributed by atoms with Gasteiger partial charge in [0.15, 0.2) is 0 Å². The van der Waals surface area contributed by atoms with Crippen LogP contribution in [-0.4, -0.2) is 9.97 Å². The molecule has 0 saturated heterocycles. The van der Waals surface area contributed by atoms with Gasteiger partial charge in [-0.2, -0.15) is 0 Å². The van der Waals surface area contributed by atoms with E-state index in [0.717, 1.165) is 15.5 Å². The maximum atomic E-state index is 5.67. The van der Waals surface area contributed by atoms with E-state index in [1.807, 2.05) is 0 Å². The van der Waals surface area contributed by atoms with E-state index >= 15 is 0 Å². The van der Waals surface area contributed by atoms with Crippen LogP contribution in [0.5, 0.6) is 0 Å². The molecular formula is C7H4BrClN2S. The third-order valence-corrected chi connectivity index (χ3v) is 3.24. The fourth-order valence-electron chi connectivity index (χ4n) is 0.951. The van der Waals surface area contributed by atoms with Crippen LogP contribution in [0.3, 0.4) is 0 Å². The van der Waals surface area contributed by atoms with Crippen LogP contribution < -0.4 is 0 Å². The minimum Gasteiger partial charge on any atom is -0.225 e. The molecule has 12 heavy (non-hydrogen) atoms. The van der Waals surface area contributed by atoms with Crippen molar-refractivity contribution < 1.29 is 0 Å². The fourth-order valence-corrected chi connectivity index (χ4v) is 2.59. The summed E-state index contributed by atoms with van der Waals surface area (Å²) in [4.78, 5) is 8.05. The largest absolute Gasteiger partial charge is 0.225 e. The molecule has 0 amide bonds. The first kappa shape index (κ1) is 8.41. The molecule has 2 aromatic rings. The van der Waals surface area contributed by atoms with Crippen LogP contribution in [-0.2, 0) is 5.33 Å². The maximum Gasteiger partial charge on any atom is 0.222 e. The number of hydrogen-bond donors (Lipinski definition) is 0. The highest BCUT2D eigenvalue weighted by molar-refractivity contribution is 9.08. The Morgan fingerprint density at radius 3 is 3.17 bits per heavy atom. The fraction of sp³-hybridized carbons (Fsp3) is 0.143. The van der Waals surface area contributed by atoms with Crippen molar-refractivity contribution in [3.63, 3.8) is 0 Å². The Morgan fingerprint density at radius 2 is 2.42 bits per heavy atom. The lowest BCUT2D eigenvalue weighted by molar-refractivity contribution is 1.22. The first-order valence-corrected chi connectivity index (χ1v) is 5.64. The predicted octanol–water partition coefficient (Wildman–Crippen LogP) is 3.24. The van der Waals surface area contributed by atoms with Gasteiger partial charge >= 0.3 is 0 Å². The molecule has 0 spiro atoms. The van der Waals surface area contributed by atoms with Crippen molar-refractivity contribution in [2.24, 2.45) is 0 Å². The molecule has 2 aromatic heterocycles. The second-order valence-electron chi connectivity index (χ2n) is 2.25. The Kier molecular flexibility index (Phi) is 2.30. The molecule has 0 aromatic carbocycles. The quantitative estimate of drug-likeness (QED) is 0.583. The van der Waals surface area contributed by atoms with Gasteiger partial charge in [0.25, 0.3) is 0 Å². The third kappa shape index (κ3) is 1.34. The summed E-state index contributed by atoms with van der Waals surface area (Å²) in [6, 6.07) is 0. The number of hydrogen-bond acceptors (Lipinski definition) is 3. The van der Waals surface area contributed by atoms with E-state index in [9.17, 15) is 0 Å². The van der Waals surface area contributed by atoms with Gasteiger partial charge in [-0.25, -0.2) is 9.97 Å². The average molecular weight is 264 g/mol. The minimum absolute atomic E-state index is 0.308. The first-order valence-electron chi connectivity index (χ1n) is 3.26. The number of halogens is 2. The number of nitrogens with zero attached hydrogens (tertiary/aromatic N) is 2. The van der Waals surface area contributed by atoms with Crippen molar-refractivity contribution in [3.05, 3.63) is 22.4 Å². The average Bonchev–Trinajstić information content (AvgIpc) is 2.46. The van der Waals surface area contributed by atoms with Gasteiger partial charge in [-0.1, -0.05) is 15.9 Å². The summed E-state index contributed by atoms with van der Waals surface area (Å²) in [5.74, 6) is 0. The van der Waals surface area contributed by atoms with Gasteiger partial charge in [-0.05, 0) is 22.5 Å². The monoisotopic (exact) mass is 262 g/mol. The zero-order valence-electron chi connectivity index (χ0n) is 5.92. The zero-order chi connectivity index (χ0) is 8.55. The summed E-state index contributed by atoms with van der Waals surface area (Å²) in [7, 11) is 0. The van der Waals surface area contributed by atoms with Gasteiger partial charge < -0.3 is 0 Å². The molecule has 0 saturated carbocycles. The lowest BCUT2D eigenvalue weighted by atomic mass is 10.3. The smallest absolute Gasteiger partial charge is 0.222 e. The summed E-state index contributed by atoms with van der Waals surface area (Å²) in [5.41, 5.74) is 2.12. The molecule has 2 rings (SSSR count).